The highest BCUT2D eigenvalue weighted by Crippen LogP contribution is 2.19. The van der Waals surface area contributed by atoms with Crippen molar-refractivity contribution in [2.75, 3.05) is 33.9 Å². The van der Waals surface area contributed by atoms with Gasteiger partial charge in [0.1, 0.15) is 11.3 Å². The van der Waals surface area contributed by atoms with Crippen molar-refractivity contribution in [3.05, 3.63) is 29.8 Å². The van der Waals surface area contributed by atoms with Crippen LogP contribution in [0.15, 0.2) is 24.3 Å². The zero-order valence-electron chi connectivity index (χ0n) is 14.1. The van der Waals surface area contributed by atoms with Crippen molar-refractivity contribution in [3.8, 4) is 5.75 Å². The second kappa shape index (κ2) is 11.1. The number of unbranched alkanes of at least 4 members (excludes halogenated alkanes) is 3. The summed E-state index contributed by atoms with van der Waals surface area (Å²) in [4.78, 5) is 14.2. The first-order chi connectivity index (χ1) is 10.6. The molecule has 0 saturated heterocycles. The molecule has 0 aliphatic heterocycles. The van der Waals surface area contributed by atoms with Crippen LogP contribution in [0.1, 0.15) is 49.4 Å². The normalized spacial score (nSPS) is 10.7. The summed E-state index contributed by atoms with van der Waals surface area (Å²) in [6, 6.07) is 7.29. The van der Waals surface area contributed by atoms with Crippen LogP contribution < -0.4 is 4.74 Å². The summed E-state index contributed by atoms with van der Waals surface area (Å²) in [6.07, 6.45) is 5.31. The summed E-state index contributed by atoms with van der Waals surface area (Å²) in [7, 11) is 4.06. The molecule has 4 heteroatoms. The van der Waals surface area contributed by atoms with Crippen molar-refractivity contribution in [2.24, 2.45) is 0 Å². The predicted molar refractivity (Wildman–Crippen MR) is 89.5 cm³/mol. The van der Waals surface area contributed by atoms with Gasteiger partial charge in [0.25, 0.3) is 0 Å². The second-order valence-electron chi connectivity index (χ2n) is 5.70. The van der Waals surface area contributed by atoms with Crippen molar-refractivity contribution in [2.45, 2.75) is 39.0 Å². The Morgan fingerprint density at radius 2 is 1.82 bits per heavy atom. The summed E-state index contributed by atoms with van der Waals surface area (Å²) in [5.41, 5.74) is 0.517. The second-order valence-corrected chi connectivity index (χ2v) is 5.70. The lowest BCUT2D eigenvalue weighted by molar-refractivity contribution is 0.0493. The van der Waals surface area contributed by atoms with Crippen molar-refractivity contribution < 1.29 is 14.3 Å². The van der Waals surface area contributed by atoms with Gasteiger partial charge in [-0.05, 0) is 39.1 Å². The lowest BCUT2D eigenvalue weighted by atomic mass is 10.2. The van der Waals surface area contributed by atoms with E-state index < -0.39 is 0 Å². The number of benzene rings is 1. The molecule has 0 aliphatic rings. The van der Waals surface area contributed by atoms with E-state index in [1.54, 1.807) is 6.07 Å². The number of carbonyl (C=O) groups is 1. The molecule has 0 amide bonds. The third-order valence-electron chi connectivity index (χ3n) is 3.35. The monoisotopic (exact) mass is 307 g/mol. The molecule has 0 N–H and O–H groups in total. The molecular formula is C18H29NO3. The van der Waals surface area contributed by atoms with Gasteiger partial charge in [0.15, 0.2) is 0 Å². The maximum atomic E-state index is 12.1. The van der Waals surface area contributed by atoms with Gasteiger partial charge in [-0.3, -0.25) is 0 Å². The molecule has 1 aromatic carbocycles. The average Bonchev–Trinajstić information content (AvgIpc) is 2.51. The zero-order chi connectivity index (χ0) is 16.2. The molecule has 0 fully saturated rings. The third kappa shape index (κ3) is 7.46. The van der Waals surface area contributed by atoms with Crippen LogP contribution in [-0.2, 0) is 4.74 Å². The van der Waals surface area contributed by atoms with Gasteiger partial charge in [-0.25, -0.2) is 4.79 Å². The third-order valence-corrected chi connectivity index (χ3v) is 3.35. The van der Waals surface area contributed by atoms with Gasteiger partial charge in [0.2, 0.25) is 0 Å². The first-order valence-electron chi connectivity index (χ1n) is 8.18. The van der Waals surface area contributed by atoms with E-state index in [1.165, 1.54) is 12.8 Å². The maximum absolute atomic E-state index is 12.1. The average molecular weight is 307 g/mol. The van der Waals surface area contributed by atoms with Gasteiger partial charge in [-0.1, -0.05) is 38.3 Å². The summed E-state index contributed by atoms with van der Waals surface area (Å²) in [5, 5.41) is 0. The fraction of sp³-hybridized carbons (Fsp3) is 0.611. The number of carbonyl (C=O) groups excluding carboxylic acids is 1. The first kappa shape index (κ1) is 18.5. The largest absolute Gasteiger partial charge is 0.493 e. The molecule has 0 unspecified atom stereocenters. The Balaban J connectivity index is 2.42. The topological polar surface area (TPSA) is 38.8 Å². The number of hydrogen-bond acceptors (Lipinski definition) is 4. The molecule has 0 heterocycles. The summed E-state index contributed by atoms with van der Waals surface area (Å²) < 4.78 is 11.1. The van der Waals surface area contributed by atoms with Gasteiger partial charge in [0, 0.05) is 6.54 Å². The van der Waals surface area contributed by atoms with Gasteiger partial charge < -0.3 is 14.4 Å². The quantitative estimate of drug-likeness (QED) is 0.461. The fourth-order valence-corrected chi connectivity index (χ4v) is 2.10. The number of hydrogen-bond donors (Lipinski definition) is 0. The van der Waals surface area contributed by atoms with Gasteiger partial charge in [-0.2, -0.15) is 0 Å². The van der Waals surface area contributed by atoms with Gasteiger partial charge in [-0.15, -0.1) is 0 Å². The smallest absolute Gasteiger partial charge is 0.341 e. The minimum absolute atomic E-state index is 0.292. The molecule has 0 saturated carbocycles. The minimum atomic E-state index is -0.292. The molecule has 0 aliphatic carbocycles. The summed E-state index contributed by atoms with van der Waals surface area (Å²) >= 11 is 0. The van der Waals surface area contributed by atoms with Crippen molar-refractivity contribution in [3.63, 3.8) is 0 Å². The highest BCUT2D eigenvalue weighted by atomic mass is 16.5. The van der Waals surface area contributed by atoms with Crippen LogP contribution >= 0.6 is 0 Å². The molecule has 1 rings (SSSR count). The number of ether oxygens (including phenoxy) is 2. The molecule has 1 aromatic rings. The highest BCUT2D eigenvalue weighted by molar-refractivity contribution is 5.92. The van der Waals surface area contributed by atoms with Crippen LogP contribution in [0.25, 0.3) is 0 Å². The van der Waals surface area contributed by atoms with Crippen LogP contribution in [-0.4, -0.2) is 44.7 Å². The zero-order valence-corrected chi connectivity index (χ0v) is 14.1. The number of para-hydroxylation sites is 1. The molecule has 4 nitrogen and oxygen atoms in total. The maximum Gasteiger partial charge on any atom is 0.341 e. The van der Waals surface area contributed by atoms with E-state index in [0.29, 0.717) is 24.5 Å². The molecule has 22 heavy (non-hydrogen) atoms. The lowest BCUT2D eigenvalue weighted by Gasteiger charge is -2.13. The van der Waals surface area contributed by atoms with E-state index in [2.05, 4.69) is 11.8 Å². The molecular weight excluding hydrogens is 278 g/mol. The van der Waals surface area contributed by atoms with E-state index in [-0.39, 0.29) is 5.97 Å². The highest BCUT2D eigenvalue weighted by Gasteiger charge is 2.13. The lowest BCUT2D eigenvalue weighted by Crippen LogP contribution is -2.16. The Labute approximate surface area is 134 Å². The Morgan fingerprint density at radius 1 is 1.05 bits per heavy atom. The number of esters is 1. The van der Waals surface area contributed by atoms with E-state index in [0.717, 1.165) is 25.8 Å². The van der Waals surface area contributed by atoms with Crippen molar-refractivity contribution >= 4 is 5.97 Å². The van der Waals surface area contributed by atoms with E-state index in [9.17, 15) is 4.79 Å². The summed E-state index contributed by atoms with van der Waals surface area (Å²) in [6.45, 7) is 4.20. The van der Waals surface area contributed by atoms with Gasteiger partial charge in [0.05, 0.1) is 13.2 Å². The molecule has 0 bridgehead atoms. The first-order valence-corrected chi connectivity index (χ1v) is 8.18. The SMILES string of the molecule is CCCCCCOC(=O)c1ccccc1OCCCN(C)C. The Hall–Kier alpha value is -1.55. The molecule has 0 aromatic heterocycles. The van der Waals surface area contributed by atoms with Crippen LogP contribution in [0.5, 0.6) is 5.75 Å². The van der Waals surface area contributed by atoms with Crippen LogP contribution in [0.4, 0.5) is 0 Å². The van der Waals surface area contributed by atoms with Crippen molar-refractivity contribution in [1.82, 2.24) is 4.90 Å². The Kier molecular flexibility index (Phi) is 9.31. The van der Waals surface area contributed by atoms with Crippen LogP contribution in [0, 0.1) is 0 Å². The Morgan fingerprint density at radius 3 is 2.55 bits per heavy atom. The van der Waals surface area contributed by atoms with E-state index >= 15 is 0 Å². The molecule has 0 spiro atoms. The number of nitrogens with zero attached hydrogens (tertiary/aromatic N) is 1. The molecule has 0 radical (unpaired) electrons. The molecule has 0 atom stereocenters. The minimum Gasteiger partial charge on any atom is -0.493 e. The van der Waals surface area contributed by atoms with Crippen molar-refractivity contribution in [1.29, 1.82) is 0 Å². The van der Waals surface area contributed by atoms with Crippen LogP contribution in [0.2, 0.25) is 0 Å². The van der Waals surface area contributed by atoms with E-state index in [1.807, 2.05) is 32.3 Å². The van der Waals surface area contributed by atoms with Gasteiger partial charge >= 0.3 is 5.97 Å². The summed E-state index contributed by atoms with van der Waals surface area (Å²) in [5.74, 6) is 0.319. The number of rotatable bonds is 11. The predicted octanol–water partition coefficient (Wildman–Crippen LogP) is 3.75. The van der Waals surface area contributed by atoms with Crippen LogP contribution in [0.3, 0.4) is 0 Å². The molecule has 124 valence electrons. The van der Waals surface area contributed by atoms with E-state index in [4.69, 9.17) is 9.47 Å². The standard InChI is InChI=1S/C18H29NO3/c1-4-5-6-9-14-22-18(20)16-11-7-8-12-17(16)21-15-10-13-19(2)3/h7-8,11-12H,4-6,9-10,13-15H2,1-3H3. The Bertz CT molecular complexity index is 432. The fourth-order valence-electron chi connectivity index (χ4n) is 2.10.